The quantitative estimate of drug-likeness (QED) is 0.624. The molecule has 0 aliphatic heterocycles. The lowest BCUT2D eigenvalue weighted by atomic mass is 9.45. The van der Waals surface area contributed by atoms with Gasteiger partial charge in [-0.3, -0.25) is 0 Å². The molecule has 6 atom stereocenters. The predicted octanol–water partition coefficient (Wildman–Crippen LogP) is 6.06. The first-order valence-corrected chi connectivity index (χ1v) is 9.94. The highest BCUT2D eigenvalue weighted by Crippen LogP contribution is 2.64. The molecule has 2 saturated carbocycles. The van der Waals surface area contributed by atoms with Gasteiger partial charge in [0.2, 0.25) is 0 Å². The van der Waals surface area contributed by atoms with Gasteiger partial charge in [0.15, 0.2) is 0 Å². The van der Waals surface area contributed by atoms with Gasteiger partial charge in [-0.25, -0.2) is 0 Å². The molecule has 134 valence electrons. The van der Waals surface area contributed by atoms with Crippen LogP contribution in [0.1, 0.15) is 72.6 Å². The summed E-state index contributed by atoms with van der Waals surface area (Å²) in [4.78, 5) is 0. The maximum Gasteiger partial charge on any atom is 0.0777 e. The van der Waals surface area contributed by atoms with E-state index in [1.165, 1.54) is 32.1 Å². The molecule has 3 aliphatic carbocycles. The molecule has 0 bridgehead atoms. The highest BCUT2D eigenvalue weighted by molar-refractivity contribution is 5.29. The van der Waals surface area contributed by atoms with Crippen molar-refractivity contribution in [3.63, 3.8) is 0 Å². The molecule has 0 saturated heterocycles. The average molecular weight is 329 g/mol. The van der Waals surface area contributed by atoms with Crippen molar-refractivity contribution in [2.75, 3.05) is 0 Å². The first kappa shape index (κ1) is 18.0. The minimum Gasteiger partial charge on any atom is -0.388 e. The summed E-state index contributed by atoms with van der Waals surface area (Å²) in [6, 6.07) is 0. The molecule has 0 aromatic carbocycles. The molecule has 0 spiro atoms. The monoisotopic (exact) mass is 328 g/mol. The van der Waals surface area contributed by atoms with Gasteiger partial charge >= 0.3 is 0 Å². The third-order valence-corrected chi connectivity index (χ3v) is 7.92. The topological polar surface area (TPSA) is 20.2 Å². The second-order valence-electron chi connectivity index (χ2n) is 9.50. The summed E-state index contributed by atoms with van der Waals surface area (Å²) in [5.41, 5.74) is 2.29. The van der Waals surface area contributed by atoms with Crippen molar-refractivity contribution < 1.29 is 5.11 Å². The van der Waals surface area contributed by atoms with Crippen LogP contribution >= 0.6 is 0 Å². The van der Waals surface area contributed by atoms with E-state index in [0.29, 0.717) is 5.92 Å². The van der Waals surface area contributed by atoms with Crippen LogP contribution < -0.4 is 0 Å². The van der Waals surface area contributed by atoms with Gasteiger partial charge in [-0.05, 0) is 68.1 Å². The lowest BCUT2D eigenvalue weighted by Crippen LogP contribution is -2.53. The summed E-state index contributed by atoms with van der Waals surface area (Å²) in [7, 11) is 0. The van der Waals surface area contributed by atoms with Crippen LogP contribution in [0.4, 0.5) is 0 Å². The largest absolute Gasteiger partial charge is 0.388 e. The summed E-state index contributed by atoms with van der Waals surface area (Å²) in [6.45, 7) is 13.3. The third kappa shape index (κ3) is 2.64. The highest BCUT2D eigenvalue weighted by Gasteiger charge is 2.56. The van der Waals surface area contributed by atoms with Gasteiger partial charge in [0.25, 0.3) is 0 Å². The SMILES string of the molecule is C=C[C@@]1(C)CC=C2[C@@H](CC[C@H]3[C@@]2(C)CCC[C@@]3(C)C(O)C=CC)C1. The molecular weight excluding hydrogens is 292 g/mol. The van der Waals surface area contributed by atoms with Crippen LogP contribution in [-0.4, -0.2) is 11.2 Å². The average Bonchev–Trinajstić information content (AvgIpc) is 2.54. The molecule has 1 unspecified atom stereocenters. The fourth-order valence-electron chi connectivity index (χ4n) is 6.42. The number of aliphatic hydroxyl groups excluding tert-OH is 1. The fraction of sp³-hybridized carbons (Fsp3) is 0.739. The molecule has 0 radical (unpaired) electrons. The maximum absolute atomic E-state index is 10.9. The van der Waals surface area contributed by atoms with Gasteiger partial charge in [0, 0.05) is 5.41 Å². The normalized spacial score (nSPS) is 46.8. The minimum absolute atomic E-state index is 0.0184. The van der Waals surface area contributed by atoms with E-state index in [0.717, 1.165) is 18.8 Å². The first-order valence-electron chi connectivity index (χ1n) is 9.94. The Bertz CT molecular complexity index is 558. The number of aliphatic hydroxyl groups is 1. The van der Waals surface area contributed by atoms with E-state index >= 15 is 0 Å². The minimum atomic E-state index is -0.314. The molecule has 1 nitrogen and oxygen atoms in total. The Labute approximate surface area is 148 Å². The Hall–Kier alpha value is -0.820. The lowest BCUT2D eigenvalue weighted by molar-refractivity contribution is -0.0818. The van der Waals surface area contributed by atoms with Crippen LogP contribution in [0.5, 0.6) is 0 Å². The van der Waals surface area contributed by atoms with E-state index < -0.39 is 0 Å². The van der Waals surface area contributed by atoms with Crippen LogP contribution in [-0.2, 0) is 0 Å². The zero-order valence-corrected chi connectivity index (χ0v) is 16.1. The number of hydrogen-bond donors (Lipinski definition) is 1. The van der Waals surface area contributed by atoms with E-state index in [1.807, 2.05) is 19.1 Å². The lowest BCUT2D eigenvalue weighted by Gasteiger charge is -2.60. The summed E-state index contributed by atoms with van der Waals surface area (Å²) < 4.78 is 0. The number of allylic oxidation sites excluding steroid dienone is 4. The number of rotatable bonds is 3. The van der Waals surface area contributed by atoms with Gasteiger partial charge in [-0.15, -0.1) is 6.58 Å². The molecule has 0 aromatic rings. The van der Waals surface area contributed by atoms with Crippen molar-refractivity contribution in [3.05, 3.63) is 36.5 Å². The summed E-state index contributed by atoms with van der Waals surface area (Å²) in [5.74, 6) is 1.32. The molecule has 1 heteroatoms. The predicted molar refractivity (Wildman–Crippen MR) is 103 cm³/mol. The summed E-state index contributed by atoms with van der Waals surface area (Å²) in [6.07, 6.45) is 17.1. The van der Waals surface area contributed by atoms with Gasteiger partial charge in [-0.1, -0.05) is 57.1 Å². The van der Waals surface area contributed by atoms with Gasteiger partial charge < -0.3 is 5.11 Å². The van der Waals surface area contributed by atoms with E-state index in [-0.39, 0.29) is 22.3 Å². The maximum atomic E-state index is 10.9. The second-order valence-corrected chi connectivity index (χ2v) is 9.50. The summed E-state index contributed by atoms with van der Waals surface area (Å²) >= 11 is 0. The second kappa shape index (κ2) is 6.16. The van der Waals surface area contributed by atoms with E-state index in [9.17, 15) is 5.11 Å². The molecule has 3 rings (SSSR count). The fourth-order valence-corrected chi connectivity index (χ4v) is 6.42. The Morgan fingerprint density at radius 2 is 2.00 bits per heavy atom. The van der Waals surface area contributed by atoms with Crippen LogP contribution in [0.2, 0.25) is 0 Å². The van der Waals surface area contributed by atoms with Crippen LogP contribution in [0.15, 0.2) is 36.5 Å². The number of fused-ring (bicyclic) bond motifs is 3. The van der Waals surface area contributed by atoms with Crippen molar-refractivity contribution >= 4 is 0 Å². The van der Waals surface area contributed by atoms with Crippen LogP contribution in [0.3, 0.4) is 0 Å². The standard InChI is InChI=1S/C23H36O/c1-6-9-20(24)23(5)14-8-13-22(4)18-12-15-21(3,7-2)16-17(18)10-11-19(22)23/h6-7,9,12,17,19-20,24H,2,8,10-11,13-16H2,1,3-5H3/t17-,19-,20?,21-,22-,23+/m0/s1. The molecule has 24 heavy (non-hydrogen) atoms. The van der Waals surface area contributed by atoms with Crippen LogP contribution in [0.25, 0.3) is 0 Å². The molecule has 3 aliphatic rings. The van der Waals surface area contributed by atoms with E-state index in [4.69, 9.17) is 0 Å². The zero-order chi connectivity index (χ0) is 17.6. The van der Waals surface area contributed by atoms with Gasteiger partial charge in [0.05, 0.1) is 6.10 Å². The molecule has 2 fully saturated rings. The van der Waals surface area contributed by atoms with E-state index in [1.54, 1.807) is 5.57 Å². The summed E-state index contributed by atoms with van der Waals surface area (Å²) in [5, 5.41) is 10.9. The number of hydrogen-bond acceptors (Lipinski definition) is 1. The van der Waals surface area contributed by atoms with Crippen molar-refractivity contribution in [2.24, 2.45) is 28.1 Å². The first-order chi connectivity index (χ1) is 11.3. The van der Waals surface area contributed by atoms with E-state index in [2.05, 4.69) is 39.5 Å². The molecule has 0 amide bonds. The van der Waals surface area contributed by atoms with Crippen LogP contribution in [0, 0.1) is 28.1 Å². The molecule has 0 heterocycles. The zero-order valence-electron chi connectivity index (χ0n) is 16.1. The Morgan fingerprint density at radius 1 is 1.25 bits per heavy atom. The van der Waals surface area contributed by atoms with Crippen molar-refractivity contribution in [1.82, 2.24) is 0 Å². The Morgan fingerprint density at radius 3 is 2.67 bits per heavy atom. The molecule has 0 aromatic heterocycles. The Kier molecular flexibility index (Phi) is 4.62. The highest BCUT2D eigenvalue weighted by atomic mass is 16.3. The van der Waals surface area contributed by atoms with Gasteiger partial charge in [0.1, 0.15) is 0 Å². The van der Waals surface area contributed by atoms with Gasteiger partial charge in [-0.2, -0.15) is 0 Å². The molecular formula is C23H36O. The van der Waals surface area contributed by atoms with Crippen molar-refractivity contribution in [3.8, 4) is 0 Å². The third-order valence-electron chi connectivity index (χ3n) is 7.92. The smallest absolute Gasteiger partial charge is 0.0777 e. The molecule has 1 N–H and O–H groups in total. The van der Waals surface area contributed by atoms with Crippen molar-refractivity contribution in [1.29, 1.82) is 0 Å². The Balaban J connectivity index is 1.96. The van der Waals surface area contributed by atoms with Crippen molar-refractivity contribution in [2.45, 2.75) is 78.7 Å².